The fourth-order valence-corrected chi connectivity index (χ4v) is 0.530. The summed E-state index contributed by atoms with van der Waals surface area (Å²) in [7, 11) is 0. The van der Waals surface area contributed by atoms with E-state index in [1.807, 2.05) is 0 Å². The molecule has 0 bridgehead atoms. The third kappa shape index (κ3) is 15.4. The Morgan fingerprint density at radius 1 is 0.938 bits per heavy atom. The van der Waals surface area contributed by atoms with Crippen LogP contribution in [0.5, 0.6) is 0 Å². The quantitative estimate of drug-likeness (QED) is 0.432. The van der Waals surface area contributed by atoms with Gasteiger partial charge in [-0.2, -0.15) is 0 Å². The van der Waals surface area contributed by atoms with Crippen molar-refractivity contribution in [2.75, 3.05) is 6.61 Å². The van der Waals surface area contributed by atoms with E-state index in [-0.39, 0.29) is 88.7 Å². The maximum Gasteiger partial charge on any atom is 1.00 e. The number of carboxylic acid groups (broad SMARTS) is 3. The van der Waals surface area contributed by atoms with Gasteiger partial charge in [-0.25, -0.2) is 0 Å². The van der Waals surface area contributed by atoms with Crippen LogP contribution in [0.1, 0.15) is 6.42 Å². The van der Waals surface area contributed by atoms with Gasteiger partial charge in [0.2, 0.25) is 0 Å². The van der Waals surface area contributed by atoms with Crippen LogP contribution in [0.25, 0.3) is 0 Å². The molecule has 16 heavy (non-hydrogen) atoms. The first-order valence-corrected chi connectivity index (χ1v) is 3.15. The molecule has 0 saturated heterocycles. The Kier molecular flexibility index (Phi) is 23.5. The van der Waals surface area contributed by atoms with Gasteiger partial charge >= 0.3 is 88.7 Å². The van der Waals surface area contributed by atoms with Crippen molar-refractivity contribution in [2.24, 2.45) is 0 Å². The van der Waals surface area contributed by atoms with Crippen LogP contribution < -0.4 is 104 Å². The molecule has 74 valence electrons. The van der Waals surface area contributed by atoms with Crippen molar-refractivity contribution in [1.29, 1.82) is 0 Å². The van der Waals surface area contributed by atoms with Gasteiger partial charge in [0.05, 0.1) is 18.5 Å². The van der Waals surface area contributed by atoms with Crippen LogP contribution >= 0.6 is 0 Å². The summed E-state index contributed by atoms with van der Waals surface area (Å²) in [6, 6.07) is 0. The van der Waals surface area contributed by atoms with Crippen molar-refractivity contribution in [3.8, 4) is 0 Å². The zero-order valence-electron chi connectivity index (χ0n) is 9.35. The first-order chi connectivity index (χ1) is 5.93. The third-order valence-corrected chi connectivity index (χ3v) is 1.02. The third-order valence-electron chi connectivity index (χ3n) is 1.02. The zero-order chi connectivity index (χ0) is 10.4. The molecule has 0 N–H and O–H groups in total. The molecular formula is C6H5Na3O7. The van der Waals surface area contributed by atoms with E-state index in [9.17, 15) is 29.7 Å². The molecule has 0 aromatic heterocycles. The van der Waals surface area contributed by atoms with Crippen molar-refractivity contribution in [1.82, 2.24) is 0 Å². The number of carboxylic acids is 3. The van der Waals surface area contributed by atoms with Crippen molar-refractivity contribution < 1.29 is 123 Å². The topological polar surface area (TPSA) is 130 Å². The predicted octanol–water partition coefficient (Wildman–Crippen LogP) is -14.0. The maximum absolute atomic E-state index is 10.1. The van der Waals surface area contributed by atoms with Crippen molar-refractivity contribution >= 4 is 17.9 Å². The number of aliphatic carboxylic acids is 3. The van der Waals surface area contributed by atoms with Crippen molar-refractivity contribution in [3.63, 3.8) is 0 Å². The summed E-state index contributed by atoms with van der Waals surface area (Å²) >= 11 is 0. The summed E-state index contributed by atoms with van der Waals surface area (Å²) in [5, 5.41) is 29.8. The molecule has 0 aliphatic heterocycles. The van der Waals surface area contributed by atoms with Gasteiger partial charge < -0.3 is 34.4 Å². The summed E-state index contributed by atoms with van der Waals surface area (Å²) in [6.45, 7) is -1.01. The van der Waals surface area contributed by atoms with Crippen LogP contribution in [0.3, 0.4) is 0 Å². The summed E-state index contributed by atoms with van der Waals surface area (Å²) in [5.41, 5.74) is 0. The van der Waals surface area contributed by atoms with Gasteiger partial charge in [-0.15, -0.1) is 0 Å². The normalized spacial score (nSPS) is 9.75. The minimum absolute atomic E-state index is 0. The minimum Gasteiger partial charge on any atom is -0.550 e. The number of hydrogen-bond acceptors (Lipinski definition) is 7. The predicted molar refractivity (Wildman–Crippen MR) is 29.4 cm³/mol. The van der Waals surface area contributed by atoms with Crippen LogP contribution in [0.2, 0.25) is 0 Å². The van der Waals surface area contributed by atoms with E-state index >= 15 is 0 Å². The molecule has 0 aliphatic rings. The summed E-state index contributed by atoms with van der Waals surface area (Å²) in [5.74, 6) is -5.14. The molecule has 1 atom stereocenters. The van der Waals surface area contributed by atoms with E-state index in [0.717, 1.165) is 0 Å². The number of rotatable bonds is 6. The van der Waals surface area contributed by atoms with Gasteiger partial charge in [-0.05, 0) is 0 Å². The molecule has 0 rings (SSSR count). The minimum atomic E-state index is -1.83. The van der Waals surface area contributed by atoms with Gasteiger partial charge in [-0.1, -0.05) is 0 Å². The molecule has 0 fully saturated rings. The second kappa shape index (κ2) is 14.4. The van der Waals surface area contributed by atoms with Crippen LogP contribution in [-0.2, 0) is 19.1 Å². The fraction of sp³-hybridized carbons (Fsp3) is 0.500. The van der Waals surface area contributed by atoms with Gasteiger partial charge in [0.25, 0.3) is 0 Å². The van der Waals surface area contributed by atoms with E-state index in [2.05, 4.69) is 4.74 Å². The zero-order valence-corrected chi connectivity index (χ0v) is 15.3. The molecule has 10 heteroatoms. The Balaban J connectivity index is -0.000000240. The van der Waals surface area contributed by atoms with E-state index < -0.39 is 37.0 Å². The fourth-order valence-electron chi connectivity index (χ4n) is 0.530. The number of carbonyl (C=O) groups is 3. The summed E-state index contributed by atoms with van der Waals surface area (Å²) in [6.07, 6.45) is -2.79. The SMILES string of the molecule is O=C([O-])COC(CC(=O)[O-])C(=O)[O-].[Na+].[Na+].[Na+]. The van der Waals surface area contributed by atoms with E-state index in [0.29, 0.717) is 0 Å². The summed E-state index contributed by atoms with van der Waals surface area (Å²) < 4.78 is 4.13. The van der Waals surface area contributed by atoms with E-state index in [1.54, 1.807) is 0 Å². The second-order valence-corrected chi connectivity index (χ2v) is 2.07. The monoisotopic (exact) mass is 258 g/mol. The van der Waals surface area contributed by atoms with Crippen LogP contribution in [0.4, 0.5) is 0 Å². The molecule has 0 aliphatic carbocycles. The maximum atomic E-state index is 10.1. The van der Waals surface area contributed by atoms with Gasteiger partial charge in [0, 0.05) is 12.4 Å². The molecule has 0 spiro atoms. The second-order valence-electron chi connectivity index (χ2n) is 2.07. The first-order valence-electron chi connectivity index (χ1n) is 3.15. The van der Waals surface area contributed by atoms with Crippen molar-refractivity contribution in [3.05, 3.63) is 0 Å². The molecule has 0 amide bonds. The number of hydrogen-bond donors (Lipinski definition) is 0. The average molecular weight is 258 g/mol. The Hall–Kier alpha value is 1.37. The van der Waals surface area contributed by atoms with Gasteiger partial charge in [-0.3, -0.25) is 0 Å². The van der Waals surface area contributed by atoms with E-state index in [1.165, 1.54) is 0 Å². The molecule has 0 aromatic carbocycles. The molecule has 1 unspecified atom stereocenters. The van der Waals surface area contributed by atoms with Gasteiger partial charge in [0.15, 0.2) is 0 Å². The smallest absolute Gasteiger partial charge is 0.550 e. The average Bonchev–Trinajstić information content (AvgIpc) is 1.96. The van der Waals surface area contributed by atoms with E-state index in [4.69, 9.17) is 0 Å². The largest absolute Gasteiger partial charge is 1.00 e. The number of ether oxygens (including phenoxy) is 1. The van der Waals surface area contributed by atoms with Gasteiger partial charge in [0.1, 0.15) is 6.10 Å². The molecule has 0 saturated carbocycles. The Bertz CT molecular complexity index is 232. The Labute approximate surface area is 158 Å². The molecule has 0 aromatic rings. The molecule has 0 heterocycles. The van der Waals surface area contributed by atoms with Crippen LogP contribution in [0, 0.1) is 0 Å². The Morgan fingerprint density at radius 3 is 1.62 bits per heavy atom. The first kappa shape index (κ1) is 26.0. The Morgan fingerprint density at radius 2 is 1.38 bits per heavy atom. The molecular weight excluding hydrogens is 253 g/mol. The van der Waals surface area contributed by atoms with Crippen LogP contribution in [-0.4, -0.2) is 30.6 Å². The standard InChI is InChI=1S/C6H8O7.3Na/c7-4(8)1-3(6(11)12)13-2-5(9)10;;;/h3H,1-2H2,(H,7,8)(H,9,10)(H,11,12);;;/q;3*+1/p-3. The van der Waals surface area contributed by atoms with Crippen molar-refractivity contribution in [2.45, 2.75) is 12.5 Å². The summed E-state index contributed by atoms with van der Waals surface area (Å²) in [4.78, 5) is 29.8. The number of carbonyl (C=O) groups excluding carboxylic acids is 3. The molecule has 0 radical (unpaired) electrons. The van der Waals surface area contributed by atoms with Crippen LogP contribution in [0.15, 0.2) is 0 Å². The molecule has 7 nitrogen and oxygen atoms in total.